The maximum absolute atomic E-state index is 5.85. The van der Waals surface area contributed by atoms with Crippen molar-refractivity contribution in [3.05, 3.63) is 82.6 Å². The third kappa shape index (κ3) is 4.23. The van der Waals surface area contributed by atoms with E-state index in [4.69, 9.17) is 4.74 Å². The van der Waals surface area contributed by atoms with Crippen molar-refractivity contribution in [2.45, 2.75) is 13.5 Å². The number of nitrogens with zero attached hydrogens (tertiary/aromatic N) is 3. The zero-order valence-corrected chi connectivity index (χ0v) is 16.3. The average Bonchev–Trinajstić information content (AvgIpc) is 2.67. The SMILES string of the molecule is Cc1nc(NCc2cccc(Br)c2)c2nc(Oc3ccccc3)ccc2n1. The number of aryl methyl sites for hydroxylation is 1. The van der Waals surface area contributed by atoms with Gasteiger partial charge in [0.25, 0.3) is 0 Å². The molecule has 0 spiro atoms. The van der Waals surface area contributed by atoms with Crippen LogP contribution >= 0.6 is 15.9 Å². The number of nitrogens with one attached hydrogen (secondary N) is 1. The number of fused-ring (bicyclic) bond motifs is 1. The van der Waals surface area contributed by atoms with E-state index in [0.29, 0.717) is 29.6 Å². The number of halogens is 1. The molecule has 0 saturated heterocycles. The van der Waals surface area contributed by atoms with Crippen molar-refractivity contribution in [1.29, 1.82) is 0 Å². The summed E-state index contributed by atoms with van der Waals surface area (Å²) in [7, 11) is 0. The molecule has 0 radical (unpaired) electrons. The zero-order chi connectivity index (χ0) is 18.6. The minimum absolute atomic E-state index is 0.506. The van der Waals surface area contributed by atoms with E-state index < -0.39 is 0 Å². The Hall–Kier alpha value is -2.99. The second kappa shape index (κ2) is 7.72. The summed E-state index contributed by atoms with van der Waals surface area (Å²) < 4.78 is 6.89. The van der Waals surface area contributed by atoms with Gasteiger partial charge in [0.15, 0.2) is 5.82 Å². The van der Waals surface area contributed by atoms with Gasteiger partial charge in [-0.2, -0.15) is 0 Å². The van der Waals surface area contributed by atoms with Crippen LogP contribution in [-0.4, -0.2) is 15.0 Å². The lowest BCUT2D eigenvalue weighted by molar-refractivity contribution is 0.465. The molecule has 0 atom stereocenters. The van der Waals surface area contributed by atoms with Crippen LogP contribution in [0.5, 0.6) is 11.6 Å². The van der Waals surface area contributed by atoms with Crippen molar-refractivity contribution in [2.75, 3.05) is 5.32 Å². The molecule has 0 unspecified atom stereocenters. The summed E-state index contributed by atoms with van der Waals surface area (Å²) in [4.78, 5) is 13.6. The van der Waals surface area contributed by atoms with Crippen molar-refractivity contribution in [2.24, 2.45) is 0 Å². The lowest BCUT2D eigenvalue weighted by atomic mass is 10.2. The predicted octanol–water partition coefficient (Wildman–Crippen LogP) is 5.50. The molecule has 2 aromatic heterocycles. The molecule has 0 bridgehead atoms. The third-order valence-corrected chi connectivity index (χ3v) is 4.44. The maximum Gasteiger partial charge on any atom is 0.220 e. The van der Waals surface area contributed by atoms with Crippen LogP contribution in [0.15, 0.2) is 71.2 Å². The molecule has 0 aliphatic heterocycles. The molecule has 6 heteroatoms. The molecule has 0 aliphatic rings. The Balaban J connectivity index is 1.65. The van der Waals surface area contributed by atoms with E-state index in [0.717, 1.165) is 21.3 Å². The van der Waals surface area contributed by atoms with Crippen LogP contribution < -0.4 is 10.1 Å². The van der Waals surface area contributed by atoms with Gasteiger partial charge in [-0.3, -0.25) is 0 Å². The summed E-state index contributed by atoms with van der Waals surface area (Å²) in [6, 6.07) is 21.4. The highest BCUT2D eigenvalue weighted by molar-refractivity contribution is 9.10. The Kier molecular flexibility index (Phi) is 4.98. The molecule has 2 heterocycles. The van der Waals surface area contributed by atoms with Gasteiger partial charge in [-0.25, -0.2) is 15.0 Å². The Morgan fingerprint density at radius 3 is 2.59 bits per heavy atom. The van der Waals surface area contributed by atoms with E-state index in [1.807, 2.05) is 61.5 Å². The monoisotopic (exact) mass is 420 g/mol. The molecular formula is C21H17BrN4O. The number of hydrogen-bond donors (Lipinski definition) is 1. The molecule has 0 saturated carbocycles. The zero-order valence-electron chi connectivity index (χ0n) is 14.7. The molecule has 2 aromatic carbocycles. The molecule has 0 amide bonds. The van der Waals surface area contributed by atoms with E-state index in [9.17, 15) is 0 Å². The topological polar surface area (TPSA) is 59.9 Å². The van der Waals surface area contributed by atoms with Gasteiger partial charge in [0.2, 0.25) is 5.88 Å². The Bertz CT molecular complexity index is 1090. The van der Waals surface area contributed by atoms with Crippen molar-refractivity contribution in [1.82, 2.24) is 15.0 Å². The fourth-order valence-electron chi connectivity index (χ4n) is 2.73. The van der Waals surface area contributed by atoms with Crippen LogP contribution in [-0.2, 0) is 6.54 Å². The largest absolute Gasteiger partial charge is 0.439 e. The van der Waals surface area contributed by atoms with Crippen LogP contribution in [0.2, 0.25) is 0 Å². The number of aromatic nitrogens is 3. The van der Waals surface area contributed by atoms with Gasteiger partial charge < -0.3 is 10.1 Å². The molecule has 4 aromatic rings. The van der Waals surface area contributed by atoms with Crippen LogP contribution in [0.4, 0.5) is 5.82 Å². The van der Waals surface area contributed by atoms with Crippen LogP contribution in [0.25, 0.3) is 11.0 Å². The van der Waals surface area contributed by atoms with Crippen molar-refractivity contribution >= 4 is 32.8 Å². The van der Waals surface area contributed by atoms with E-state index in [1.54, 1.807) is 0 Å². The normalized spacial score (nSPS) is 10.7. The van der Waals surface area contributed by atoms with E-state index >= 15 is 0 Å². The fraction of sp³-hybridized carbons (Fsp3) is 0.0952. The minimum atomic E-state index is 0.506. The first-order chi connectivity index (χ1) is 13.2. The third-order valence-electron chi connectivity index (χ3n) is 3.94. The van der Waals surface area contributed by atoms with Crippen LogP contribution in [0, 0.1) is 6.92 Å². The number of ether oxygens (including phenoxy) is 1. The van der Waals surface area contributed by atoms with Crippen molar-refractivity contribution < 1.29 is 4.74 Å². The highest BCUT2D eigenvalue weighted by Gasteiger charge is 2.10. The molecule has 1 N–H and O–H groups in total. The first-order valence-corrected chi connectivity index (χ1v) is 9.33. The summed E-state index contributed by atoms with van der Waals surface area (Å²) in [5, 5.41) is 3.37. The molecule has 134 valence electrons. The molecule has 0 aliphatic carbocycles. The van der Waals surface area contributed by atoms with Gasteiger partial charge in [0, 0.05) is 17.1 Å². The number of para-hydroxylation sites is 1. The maximum atomic E-state index is 5.85. The first kappa shape index (κ1) is 17.4. The van der Waals surface area contributed by atoms with Gasteiger partial charge in [0.1, 0.15) is 17.1 Å². The summed E-state index contributed by atoms with van der Waals surface area (Å²) >= 11 is 3.50. The number of rotatable bonds is 5. The number of anilines is 1. The molecule has 27 heavy (non-hydrogen) atoms. The van der Waals surface area contributed by atoms with E-state index in [-0.39, 0.29) is 0 Å². The standard InChI is InChI=1S/C21H17BrN4O/c1-14-24-18-10-11-19(27-17-8-3-2-4-9-17)26-20(18)21(25-14)23-13-15-6-5-7-16(22)12-15/h2-12H,13H2,1H3,(H,23,24,25). The van der Waals surface area contributed by atoms with Gasteiger partial charge >= 0.3 is 0 Å². The summed E-state index contributed by atoms with van der Waals surface area (Å²) in [6.07, 6.45) is 0. The minimum Gasteiger partial charge on any atom is -0.439 e. The summed E-state index contributed by atoms with van der Waals surface area (Å²) in [5.74, 6) is 2.63. The highest BCUT2D eigenvalue weighted by Crippen LogP contribution is 2.25. The van der Waals surface area contributed by atoms with Crippen molar-refractivity contribution in [3.8, 4) is 11.6 Å². The van der Waals surface area contributed by atoms with E-state index in [2.05, 4.69) is 48.3 Å². The molecule has 5 nitrogen and oxygen atoms in total. The molecular weight excluding hydrogens is 404 g/mol. The second-order valence-corrected chi connectivity index (χ2v) is 6.95. The Morgan fingerprint density at radius 1 is 0.926 bits per heavy atom. The smallest absolute Gasteiger partial charge is 0.220 e. The lowest BCUT2D eigenvalue weighted by Crippen LogP contribution is -2.05. The Morgan fingerprint density at radius 2 is 1.78 bits per heavy atom. The van der Waals surface area contributed by atoms with Crippen LogP contribution in [0.3, 0.4) is 0 Å². The van der Waals surface area contributed by atoms with Gasteiger partial charge in [0.05, 0.1) is 5.52 Å². The number of benzene rings is 2. The number of hydrogen-bond acceptors (Lipinski definition) is 5. The molecule has 0 fully saturated rings. The predicted molar refractivity (Wildman–Crippen MR) is 110 cm³/mol. The van der Waals surface area contributed by atoms with Crippen molar-refractivity contribution in [3.63, 3.8) is 0 Å². The fourth-order valence-corrected chi connectivity index (χ4v) is 3.18. The number of pyridine rings is 1. The van der Waals surface area contributed by atoms with Gasteiger partial charge in [-0.15, -0.1) is 0 Å². The van der Waals surface area contributed by atoms with Gasteiger partial charge in [-0.1, -0.05) is 46.3 Å². The second-order valence-electron chi connectivity index (χ2n) is 6.04. The Labute approximate surface area is 165 Å². The van der Waals surface area contributed by atoms with E-state index in [1.165, 1.54) is 0 Å². The highest BCUT2D eigenvalue weighted by atomic mass is 79.9. The van der Waals surface area contributed by atoms with Crippen LogP contribution in [0.1, 0.15) is 11.4 Å². The lowest BCUT2D eigenvalue weighted by Gasteiger charge is -2.11. The summed E-state index contributed by atoms with van der Waals surface area (Å²) in [5.41, 5.74) is 2.61. The summed E-state index contributed by atoms with van der Waals surface area (Å²) in [6.45, 7) is 2.51. The van der Waals surface area contributed by atoms with Gasteiger partial charge in [-0.05, 0) is 42.8 Å². The quantitative estimate of drug-likeness (QED) is 0.461. The molecule has 4 rings (SSSR count). The average molecular weight is 421 g/mol. The first-order valence-electron chi connectivity index (χ1n) is 8.54.